The van der Waals surface area contributed by atoms with Crippen molar-refractivity contribution in [2.75, 3.05) is 13.1 Å². The number of thiophene rings is 1. The Kier molecular flexibility index (Phi) is 4.22. The van der Waals surface area contributed by atoms with Crippen molar-refractivity contribution in [2.24, 2.45) is 11.7 Å². The molecular formula is C16H22N2S. The highest BCUT2D eigenvalue weighted by Gasteiger charge is 2.34. The van der Waals surface area contributed by atoms with Crippen molar-refractivity contribution >= 4 is 11.3 Å². The van der Waals surface area contributed by atoms with E-state index in [1.165, 1.54) is 43.5 Å². The third-order valence-corrected chi connectivity index (χ3v) is 5.38. The Labute approximate surface area is 120 Å². The standard InChI is InChI=1S/C16H22N2S/c17-8-2-4-13-10-15(19-12-13)11-18-9-3-6-14-5-1-7-16(14)18/h10,12,14,16H,1,3,5-9,11,17H2. The Balaban J connectivity index is 1.65. The molecule has 3 rings (SSSR count). The number of nitrogens with two attached hydrogens (primary N) is 1. The number of hydrogen-bond donors (Lipinski definition) is 1. The predicted octanol–water partition coefficient (Wildman–Crippen LogP) is 2.82. The van der Waals surface area contributed by atoms with Gasteiger partial charge in [-0.1, -0.05) is 18.3 Å². The summed E-state index contributed by atoms with van der Waals surface area (Å²) in [6.07, 6.45) is 7.14. The SMILES string of the molecule is NCC#Cc1csc(CN2CCCC3CCCC32)c1. The first-order chi connectivity index (χ1) is 9.36. The largest absolute Gasteiger partial charge is 0.320 e. The van der Waals surface area contributed by atoms with Crippen LogP contribution >= 0.6 is 11.3 Å². The molecule has 2 heterocycles. The van der Waals surface area contributed by atoms with Crippen molar-refractivity contribution in [2.45, 2.75) is 44.7 Å². The zero-order valence-corrected chi connectivity index (χ0v) is 12.2. The molecule has 0 bridgehead atoms. The first-order valence-corrected chi connectivity index (χ1v) is 8.25. The van der Waals surface area contributed by atoms with Crippen LogP contribution in [0.2, 0.25) is 0 Å². The summed E-state index contributed by atoms with van der Waals surface area (Å²) in [6.45, 7) is 2.85. The molecule has 1 saturated heterocycles. The van der Waals surface area contributed by atoms with E-state index in [1.54, 1.807) is 0 Å². The molecule has 1 aromatic rings. The van der Waals surface area contributed by atoms with Gasteiger partial charge < -0.3 is 5.73 Å². The van der Waals surface area contributed by atoms with E-state index in [-0.39, 0.29) is 0 Å². The van der Waals surface area contributed by atoms with Crippen LogP contribution in [0, 0.1) is 17.8 Å². The minimum Gasteiger partial charge on any atom is -0.320 e. The Morgan fingerprint density at radius 3 is 3.11 bits per heavy atom. The van der Waals surface area contributed by atoms with Crippen LogP contribution in [0.3, 0.4) is 0 Å². The lowest BCUT2D eigenvalue weighted by molar-refractivity contribution is 0.107. The van der Waals surface area contributed by atoms with Gasteiger partial charge in [0.2, 0.25) is 0 Å². The summed E-state index contributed by atoms with van der Waals surface area (Å²) in [4.78, 5) is 4.17. The lowest BCUT2D eigenvalue weighted by Crippen LogP contribution is -2.41. The maximum Gasteiger partial charge on any atom is 0.0555 e. The minimum absolute atomic E-state index is 0.445. The van der Waals surface area contributed by atoms with Gasteiger partial charge in [0.05, 0.1) is 6.54 Å². The normalized spacial score (nSPS) is 26.8. The number of piperidine rings is 1. The molecule has 2 nitrogen and oxygen atoms in total. The topological polar surface area (TPSA) is 29.3 Å². The molecule has 1 aromatic heterocycles. The van der Waals surface area contributed by atoms with Crippen LogP contribution in [0.5, 0.6) is 0 Å². The Bertz CT molecular complexity index is 482. The molecule has 0 spiro atoms. The van der Waals surface area contributed by atoms with Gasteiger partial charge in [-0.15, -0.1) is 11.3 Å². The molecular weight excluding hydrogens is 252 g/mol. The van der Waals surface area contributed by atoms with Crippen LogP contribution in [0.25, 0.3) is 0 Å². The van der Waals surface area contributed by atoms with Gasteiger partial charge in [0, 0.05) is 28.4 Å². The fraction of sp³-hybridized carbons (Fsp3) is 0.625. The summed E-state index contributed by atoms with van der Waals surface area (Å²) < 4.78 is 0. The number of nitrogens with zero attached hydrogens (tertiary/aromatic N) is 1. The van der Waals surface area contributed by atoms with Crippen LogP contribution < -0.4 is 5.73 Å². The molecule has 1 aliphatic carbocycles. The van der Waals surface area contributed by atoms with Gasteiger partial charge in [-0.2, -0.15) is 0 Å². The van der Waals surface area contributed by atoms with E-state index in [4.69, 9.17) is 5.73 Å². The summed E-state index contributed by atoms with van der Waals surface area (Å²) >= 11 is 1.84. The number of likely N-dealkylation sites (tertiary alicyclic amines) is 1. The highest BCUT2D eigenvalue weighted by Crippen LogP contribution is 2.37. The van der Waals surface area contributed by atoms with Crippen molar-refractivity contribution in [1.29, 1.82) is 0 Å². The summed E-state index contributed by atoms with van der Waals surface area (Å²) in [7, 11) is 0. The van der Waals surface area contributed by atoms with E-state index < -0.39 is 0 Å². The van der Waals surface area contributed by atoms with E-state index in [0.717, 1.165) is 24.1 Å². The molecule has 19 heavy (non-hydrogen) atoms. The summed E-state index contributed by atoms with van der Waals surface area (Å²) in [5.41, 5.74) is 6.54. The maximum atomic E-state index is 5.41. The van der Waals surface area contributed by atoms with Gasteiger partial charge in [0.1, 0.15) is 0 Å². The van der Waals surface area contributed by atoms with Crippen LogP contribution in [0.15, 0.2) is 11.4 Å². The molecule has 2 atom stereocenters. The highest BCUT2D eigenvalue weighted by molar-refractivity contribution is 7.10. The van der Waals surface area contributed by atoms with E-state index in [9.17, 15) is 0 Å². The molecule has 2 fully saturated rings. The summed E-state index contributed by atoms with van der Waals surface area (Å²) in [6, 6.07) is 3.10. The molecule has 102 valence electrons. The Morgan fingerprint density at radius 1 is 1.32 bits per heavy atom. The van der Waals surface area contributed by atoms with Crippen molar-refractivity contribution in [1.82, 2.24) is 4.90 Å². The fourth-order valence-electron chi connectivity index (χ4n) is 3.64. The fourth-order valence-corrected chi connectivity index (χ4v) is 4.48. The van der Waals surface area contributed by atoms with Gasteiger partial charge >= 0.3 is 0 Å². The van der Waals surface area contributed by atoms with Crippen LogP contribution in [0.4, 0.5) is 0 Å². The molecule has 0 amide bonds. The maximum absolute atomic E-state index is 5.41. The third kappa shape index (κ3) is 3.02. The monoisotopic (exact) mass is 274 g/mol. The second-order valence-corrected chi connectivity index (χ2v) is 6.67. The molecule has 1 saturated carbocycles. The average Bonchev–Trinajstić information content (AvgIpc) is 3.05. The smallest absolute Gasteiger partial charge is 0.0555 e. The first kappa shape index (κ1) is 13.2. The minimum atomic E-state index is 0.445. The van der Waals surface area contributed by atoms with Crippen molar-refractivity contribution in [3.63, 3.8) is 0 Å². The number of hydrogen-bond acceptors (Lipinski definition) is 3. The van der Waals surface area contributed by atoms with E-state index in [2.05, 4.69) is 28.2 Å². The average molecular weight is 274 g/mol. The molecule has 2 N–H and O–H groups in total. The number of rotatable bonds is 2. The van der Waals surface area contributed by atoms with E-state index in [1.807, 2.05) is 11.3 Å². The van der Waals surface area contributed by atoms with Gasteiger partial charge in [-0.3, -0.25) is 4.90 Å². The van der Waals surface area contributed by atoms with Gasteiger partial charge in [-0.05, 0) is 44.2 Å². The number of fused-ring (bicyclic) bond motifs is 1. The third-order valence-electron chi connectivity index (χ3n) is 4.46. The van der Waals surface area contributed by atoms with Crippen LogP contribution in [-0.2, 0) is 6.54 Å². The van der Waals surface area contributed by atoms with Gasteiger partial charge in [-0.25, -0.2) is 0 Å². The molecule has 3 heteroatoms. The Hall–Kier alpha value is -0.820. The molecule has 1 aliphatic heterocycles. The lowest BCUT2D eigenvalue weighted by atomic mass is 9.92. The van der Waals surface area contributed by atoms with Gasteiger partial charge in [0.15, 0.2) is 0 Å². The van der Waals surface area contributed by atoms with Gasteiger partial charge in [0.25, 0.3) is 0 Å². The van der Waals surface area contributed by atoms with Crippen molar-refractivity contribution in [3.8, 4) is 11.8 Å². The quantitative estimate of drug-likeness (QED) is 0.840. The predicted molar refractivity (Wildman–Crippen MR) is 81.0 cm³/mol. The molecule has 0 aromatic carbocycles. The van der Waals surface area contributed by atoms with Crippen LogP contribution in [0.1, 0.15) is 42.5 Å². The zero-order valence-electron chi connectivity index (χ0n) is 11.4. The second-order valence-electron chi connectivity index (χ2n) is 5.68. The zero-order chi connectivity index (χ0) is 13.1. The second kappa shape index (κ2) is 6.09. The highest BCUT2D eigenvalue weighted by atomic mass is 32.1. The summed E-state index contributed by atoms with van der Waals surface area (Å²) in [5.74, 6) is 7.03. The Morgan fingerprint density at radius 2 is 2.21 bits per heavy atom. The molecule has 0 radical (unpaired) electrons. The molecule has 2 aliphatic rings. The lowest BCUT2D eigenvalue weighted by Gasteiger charge is -2.37. The van der Waals surface area contributed by atoms with Crippen molar-refractivity contribution in [3.05, 3.63) is 21.9 Å². The first-order valence-electron chi connectivity index (χ1n) is 7.37. The molecule has 2 unspecified atom stereocenters. The van der Waals surface area contributed by atoms with E-state index in [0.29, 0.717) is 6.54 Å². The van der Waals surface area contributed by atoms with Crippen molar-refractivity contribution < 1.29 is 0 Å². The summed E-state index contributed by atoms with van der Waals surface area (Å²) in [5, 5.41) is 2.16. The van der Waals surface area contributed by atoms with E-state index >= 15 is 0 Å². The van der Waals surface area contributed by atoms with Crippen LogP contribution in [-0.4, -0.2) is 24.0 Å².